The number of rotatable bonds is 13. The van der Waals surface area contributed by atoms with Crippen molar-refractivity contribution in [1.82, 2.24) is 9.80 Å². The van der Waals surface area contributed by atoms with E-state index in [-0.39, 0.29) is 4.90 Å². The number of unbranched alkanes of at least 4 members (excludes halogenated alkanes) is 4. The van der Waals surface area contributed by atoms with E-state index in [0.29, 0.717) is 28.6 Å². The lowest BCUT2D eigenvalue weighted by Gasteiger charge is -2.37. The summed E-state index contributed by atoms with van der Waals surface area (Å²) in [4.78, 5) is 10.3. The van der Waals surface area contributed by atoms with Crippen molar-refractivity contribution in [3.05, 3.63) is 52.9 Å². The van der Waals surface area contributed by atoms with E-state index >= 15 is 0 Å². The Hall–Kier alpha value is -2.29. The lowest BCUT2D eigenvalue weighted by molar-refractivity contribution is 0.207. The van der Waals surface area contributed by atoms with E-state index in [1.165, 1.54) is 19.3 Å². The van der Waals surface area contributed by atoms with Gasteiger partial charge in [0.2, 0.25) is 9.84 Å². The molecule has 0 atom stereocenters. The third-order valence-corrected chi connectivity index (χ3v) is 9.45. The summed E-state index contributed by atoms with van der Waals surface area (Å²) in [5.41, 5.74) is 2.19. The number of ether oxygens (including phenoxy) is 1. The molecule has 0 saturated carbocycles. The summed E-state index contributed by atoms with van der Waals surface area (Å²) in [5.74, 6) is 0.696. The Bertz CT molecular complexity index is 1170. The molecule has 1 aliphatic rings. The summed E-state index contributed by atoms with van der Waals surface area (Å²) in [7, 11) is -1.66. The molecule has 0 bridgehead atoms. The first-order valence-corrected chi connectivity index (χ1v) is 15.8. The molecule has 1 saturated heterocycles. The quantitative estimate of drug-likeness (QED) is 0.163. The van der Waals surface area contributed by atoms with Gasteiger partial charge in [0.15, 0.2) is 0 Å². The van der Waals surface area contributed by atoms with E-state index < -0.39 is 9.84 Å². The Kier molecular flexibility index (Phi) is 11.1. The van der Waals surface area contributed by atoms with Gasteiger partial charge in [-0.15, -0.1) is 11.8 Å². The predicted octanol–water partition coefficient (Wildman–Crippen LogP) is 6.50. The van der Waals surface area contributed by atoms with E-state index in [4.69, 9.17) is 4.74 Å². The molecule has 0 radical (unpaired) electrons. The second-order valence-corrected chi connectivity index (χ2v) is 12.4. The molecular weight excluding hydrogens is 502 g/mol. The summed E-state index contributed by atoms with van der Waals surface area (Å²) in [6.45, 7) is 11.5. The number of allylic oxidation sites excluding steroid dienone is 1. The van der Waals surface area contributed by atoms with Crippen molar-refractivity contribution in [3.8, 4) is 5.75 Å². The van der Waals surface area contributed by atoms with Crippen LogP contribution in [0, 0.1) is 0 Å². The van der Waals surface area contributed by atoms with Gasteiger partial charge < -0.3 is 14.5 Å². The number of piperazine rings is 1. The molecule has 2 aromatic rings. The van der Waals surface area contributed by atoms with Crippen LogP contribution in [0.15, 0.2) is 62.2 Å². The zero-order chi connectivity index (χ0) is 26.8. The van der Waals surface area contributed by atoms with Crippen LogP contribution in [0.4, 0.5) is 5.69 Å². The fraction of sp³-hybridized carbons (Fsp3) is 0.483. The van der Waals surface area contributed by atoms with Gasteiger partial charge in [-0.05, 0) is 75.8 Å². The molecule has 3 rings (SSSR count). The lowest BCUT2D eigenvalue weighted by atomic mass is 10.1. The van der Waals surface area contributed by atoms with Crippen LogP contribution in [0.5, 0.6) is 5.75 Å². The molecule has 0 unspecified atom stereocenters. The van der Waals surface area contributed by atoms with Crippen molar-refractivity contribution >= 4 is 39.7 Å². The number of hydrogen-bond acceptors (Lipinski definition) is 7. The molecule has 0 aromatic heterocycles. The molecule has 1 aliphatic heterocycles. The van der Waals surface area contributed by atoms with E-state index in [2.05, 4.69) is 35.5 Å². The number of hydrogen-bond donors (Lipinski definition) is 0. The minimum absolute atomic E-state index is 0.265. The first-order chi connectivity index (χ1) is 17.8. The van der Waals surface area contributed by atoms with Gasteiger partial charge in [0.1, 0.15) is 5.75 Å². The highest BCUT2D eigenvalue weighted by molar-refractivity contribution is 7.98. The van der Waals surface area contributed by atoms with Crippen LogP contribution in [0.25, 0.3) is 5.70 Å². The van der Waals surface area contributed by atoms with Gasteiger partial charge in [-0.2, -0.15) is 0 Å². The standard InChI is InChI=1S/C29H41N3O3S2/c1-6-7-8-9-10-21-35-24-11-14-26(15-12-24)37(33,34)23(2)29(32-19-17-31(4)18-20-32)27-22-25(36-5)13-16-28(27)30-3/h11-16,22H,3,6-10,17-21H2,1-2,4-5H3/b29-23-. The van der Waals surface area contributed by atoms with Crippen molar-refractivity contribution in [2.75, 3.05) is 46.1 Å². The number of thioether (sulfide) groups is 1. The topological polar surface area (TPSA) is 62.2 Å². The molecule has 8 heteroatoms. The van der Waals surface area contributed by atoms with Gasteiger partial charge in [0, 0.05) is 36.6 Å². The maximum atomic E-state index is 13.9. The van der Waals surface area contributed by atoms with Crippen LogP contribution in [-0.4, -0.2) is 71.0 Å². The number of nitrogens with zero attached hydrogens (tertiary/aromatic N) is 3. The molecule has 0 amide bonds. The lowest BCUT2D eigenvalue weighted by Crippen LogP contribution is -2.43. The number of aliphatic imine (C=N–C) groups is 1. The number of likely N-dealkylation sites (N-methyl/N-ethyl adjacent to an activating group) is 1. The van der Waals surface area contributed by atoms with Gasteiger partial charge >= 0.3 is 0 Å². The SMILES string of the molecule is C=Nc1ccc(SC)cc1/C(=C(\C)S(=O)(=O)c1ccc(OCCCCCCC)cc1)N1CCN(C)CC1. The zero-order valence-electron chi connectivity index (χ0n) is 22.7. The molecule has 6 nitrogen and oxygen atoms in total. The average molecular weight is 544 g/mol. The van der Waals surface area contributed by atoms with E-state index in [1.807, 2.05) is 24.5 Å². The van der Waals surface area contributed by atoms with E-state index in [1.54, 1.807) is 43.0 Å². The van der Waals surface area contributed by atoms with E-state index in [9.17, 15) is 8.42 Å². The molecule has 0 spiro atoms. The Labute approximate surface area is 227 Å². The summed E-state index contributed by atoms with van der Waals surface area (Å²) >= 11 is 1.62. The van der Waals surface area contributed by atoms with Crippen LogP contribution in [0.3, 0.4) is 0 Å². The minimum atomic E-state index is -3.75. The molecule has 0 aliphatic carbocycles. The van der Waals surface area contributed by atoms with Crippen molar-refractivity contribution in [1.29, 1.82) is 0 Å². The monoisotopic (exact) mass is 543 g/mol. The summed E-state index contributed by atoms with van der Waals surface area (Å²) < 4.78 is 33.6. The third kappa shape index (κ3) is 7.62. The molecule has 1 fully saturated rings. The Morgan fingerprint density at radius 1 is 1.03 bits per heavy atom. The largest absolute Gasteiger partial charge is 0.494 e. The first kappa shape index (κ1) is 29.3. The van der Waals surface area contributed by atoms with Crippen LogP contribution < -0.4 is 4.74 Å². The Balaban J connectivity index is 1.93. The summed E-state index contributed by atoms with van der Waals surface area (Å²) in [6, 6.07) is 12.7. The van der Waals surface area contributed by atoms with Crippen molar-refractivity contribution in [2.45, 2.75) is 55.7 Å². The van der Waals surface area contributed by atoms with Crippen molar-refractivity contribution < 1.29 is 13.2 Å². The average Bonchev–Trinajstić information content (AvgIpc) is 2.92. The molecular formula is C29H41N3O3S2. The van der Waals surface area contributed by atoms with Crippen LogP contribution in [-0.2, 0) is 9.84 Å². The minimum Gasteiger partial charge on any atom is -0.494 e. The highest BCUT2D eigenvalue weighted by atomic mass is 32.2. The fourth-order valence-electron chi connectivity index (χ4n) is 4.50. The second kappa shape index (κ2) is 14.0. The van der Waals surface area contributed by atoms with Crippen LogP contribution in [0.2, 0.25) is 0 Å². The molecule has 37 heavy (non-hydrogen) atoms. The van der Waals surface area contributed by atoms with Gasteiger partial charge in [-0.3, -0.25) is 4.99 Å². The normalized spacial score (nSPS) is 15.4. The fourth-order valence-corrected chi connectivity index (χ4v) is 6.28. The molecule has 202 valence electrons. The molecule has 2 aromatic carbocycles. The van der Waals surface area contributed by atoms with Crippen molar-refractivity contribution in [2.24, 2.45) is 4.99 Å². The maximum absolute atomic E-state index is 13.9. The molecule has 1 heterocycles. The van der Waals surface area contributed by atoms with Gasteiger partial charge in [0.05, 0.1) is 27.8 Å². The Morgan fingerprint density at radius 3 is 2.32 bits per heavy atom. The van der Waals surface area contributed by atoms with E-state index in [0.717, 1.165) is 49.5 Å². The predicted molar refractivity (Wildman–Crippen MR) is 157 cm³/mol. The number of benzene rings is 2. The summed E-state index contributed by atoms with van der Waals surface area (Å²) in [5, 5.41) is 0. The zero-order valence-corrected chi connectivity index (χ0v) is 24.3. The smallest absolute Gasteiger partial charge is 0.204 e. The first-order valence-electron chi connectivity index (χ1n) is 13.1. The van der Waals surface area contributed by atoms with Gasteiger partial charge in [-0.1, -0.05) is 32.6 Å². The van der Waals surface area contributed by atoms with Crippen LogP contribution >= 0.6 is 11.8 Å². The maximum Gasteiger partial charge on any atom is 0.204 e. The van der Waals surface area contributed by atoms with Crippen LogP contribution in [0.1, 0.15) is 51.5 Å². The number of sulfone groups is 1. The highest BCUT2D eigenvalue weighted by Gasteiger charge is 2.28. The third-order valence-electron chi connectivity index (χ3n) is 6.84. The Morgan fingerprint density at radius 2 is 1.70 bits per heavy atom. The van der Waals surface area contributed by atoms with Gasteiger partial charge in [-0.25, -0.2) is 8.42 Å². The highest BCUT2D eigenvalue weighted by Crippen LogP contribution is 2.37. The van der Waals surface area contributed by atoms with Gasteiger partial charge in [0.25, 0.3) is 0 Å². The summed E-state index contributed by atoms with van der Waals surface area (Å²) in [6.07, 6.45) is 7.86. The van der Waals surface area contributed by atoms with Crippen molar-refractivity contribution in [3.63, 3.8) is 0 Å². The molecule has 0 N–H and O–H groups in total. The second-order valence-electron chi connectivity index (χ2n) is 9.47.